The van der Waals surface area contributed by atoms with Crippen LogP contribution in [0.15, 0.2) is 124 Å². The predicted molar refractivity (Wildman–Crippen MR) is 214 cm³/mol. The van der Waals surface area contributed by atoms with Crippen LogP contribution in [0.3, 0.4) is 0 Å². The van der Waals surface area contributed by atoms with Gasteiger partial charge in [-0.2, -0.15) is 0 Å². The quantitative estimate of drug-likeness (QED) is 0.159. The topological polar surface area (TPSA) is 0 Å². The zero-order valence-corrected chi connectivity index (χ0v) is 37.1. The molecule has 0 radical (unpaired) electrons. The minimum absolute atomic E-state index is 0. The molecule has 50 heavy (non-hydrogen) atoms. The van der Waals surface area contributed by atoms with Crippen molar-refractivity contribution in [3.05, 3.63) is 124 Å². The van der Waals surface area contributed by atoms with Crippen molar-refractivity contribution in [1.82, 2.24) is 0 Å². The second-order valence-corrected chi connectivity index (χ2v) is 26.0. The van der Waals surface area contributed by atoms with Crippen LogP contribution >= 0.6 is 15.8 Å². The molecule has 0 amide bonds. The summed E-state index contributed by atoms with van der Waals surface area (Å²) in [4.78, 5) is 0. The average Bonchev–Trinajstić information content (AvgIpc) is 3.83. The smallest absolute Gasteiger partial charge is 1.00 e. The van der Waals surface area contributed by atoms with Gasteiger partial charge in [0.15, 0.2) is 0 Å². The van der Waals surface area contributed by atoms with Gasteiger partial charge in [-0.1, -0.05) is 0 Å². The molecule has 2 aliphatic carbocycles. The van der Waals surface area contributed by atoms with Gasteiger partial charge in [0.05, 0.1) is 0 Å². The number of halogens is 2. The summed E-state index contributed by atoms with van der Waals surface area (Å²) in [6.07, 6.45) is 26.7. The first-order chi connectivity index (χ1) is 23.5. The number of allylic oxidation sites excluding steroid dienone is 12. The minimum atomic E-state index is -2.50. The largest absolute Gasteiger partial charge is 1.00 e. The maximum atomic E-state index is 2.83. The van der Waals surface area contributed by atoms with Gasteiger partial charge in [-0.15, -0.1) is 0 Å². The fourth-order valence-corrected chi connectivity index (χ4v) is 22.8. The molecule has 0 fully saturated rings. The van der Waals surface area contributed by atoms with Crippen molar-refractivity contribution < 1.29 is 46.1 Å². The number of fused-ring (bicyclic) bond motifs is 2. The van der Waals surface area contributed by atoms with Gasteiger partial charge in [-0.3, -0.25) is 0 Å². The molecule has 2 aromatic carbocycles. The Labute approximate surface area is 327 Å². The summed E-state index contributed by atoms with van der Waals surface area (Å²) in [6.45, 7) is 14.6. The van der Waals surface area contributed by atoms with Gasteiger partial charge in [-0.05, 0) is 0 Å². The van der Waals surface area contributed by atoms with Crippen LogP contribution in [0.1, 0.15) is 119 Å². The predicted octanol–water partition coefficient (Wildman–Crippen LogP) is 7.12. The van der Waals surface area contributed by atoms with Crippen molar-refractivity contribution in [1.29, 1.82) is 0 Å². The zero-order valence-electron chi connectivity index (χ0n) is 31.4. The summed E-state index contributed by atoms with van der Waals surface area (Å²) in [7, 11) is -0.710. The molecular weight excluding hydrogens is 765 g/mol. The van der Waals surface area contributed by atoms with Crippen molar-refractivity contribution in [2.24, 2.45) is 0 Å². The van der Waals surface area contributed by atoms with Crippen molar-refractivity contribution in [2.45, 2.75) is 130 Å². The van der Waals surface area contributed by atoms with Crippen molar-refractivity contribution in [3.63, 3.8) is 0 Å². The molecule has 0 aromatic heterocycles. The molecule has 0 N–H and O–H groups in total. The van der Waals surface area contributed by atoms with Crippen molar-refractivity contribution in [3.8, 4) is 0 Å². The molecule has 0 saturated heterocycles. The molecule has 0 nitrogen and oxygen atoms in total. The Balaban J connectivity index is 0.00000281. The molecule has 2 aliphatic heterocycles. The van der Waals surface area contributed by atoms with Crippen LogP contribution in [0.4, 0.5) is 0 Å². The summed E-state index contributed by atoms with van der Waals surface area (Å²) < 4.78 is 5.52. The Kier molecular flexibility index (Phi) is 16.7. The summed E-state index contributed by atoms with van der Waals surface area (Å²) >= 11 is -2.50. The SMILES string of the molecule is CCCCC1=[C]([Zr+2]([C]2=C(CCCC)C=C3C2=CC(CCCC)P3c2ccccc2)=[C](C)C)C2=CC(CCCC)P(c3ccccc3)C2=C1.[Cl-].[Cl-]. The summed E-state index contributed by atoms with van der Waals surface area (Å²) in [5.41, 5.74) is 8.24. The van der Waals surface area contributed by atoms with Crippen LogP contribution in [-0.2, 0) is 21.3 Å². The maximum absolute atomic E-state index is 2.83. The molecule has 0 saturated carbocycles. The number of rotatable bonds is 16. The Bertz CT molecular complexity index is 1570. The molecule has 4 aliphatic rings. The van der Waals surface area contributed by atoms with Gasteiger partial charge in [-0.25, -0.2) is 0 Å². The number of hydrogen-bond donors (Lipinski definition) is 0. The third-order valence-electron chi connectivity index (χ3n) is 10.6. The fraction of sp³-hybridized carbons (Fsp3) is 0.444. The Morgan fingerprint density at radius 3 is 1.28 bits per heavy atom. The number of hydrogen-bond acceptors (Lipinski definition) is 0. The monoisotopic (exact) mass is 820 g/mol. The van der Waals surface area contributed by atoms with E-state index < -0.39 is 21.3 Å². The van der Waals surface area contributed by atoms with E-state index in [4.69, 9.17) is 0 Å². The summed E-state index contributed by atoms with van der Waals surface area (Å²) in [5.74, 6) is 0. The van der Waals surface area contributed by atoms with Crippen LogP contribution in [0.25, 0.3) is 0 Å². The Morgan fingerprint density at radius 1 is 0.560 bits per heavy atom. The van der Waals surface area contributed by atoms with Gasteiger partial charge < -0.3 is 24.8 Å². The third-order valence-corrected chi connectivity index (χ3v) is 24.1. The first-order valence-electron chi connectivity index (χ1n) is 19.2. The second kappa shape index (κ2) is 19.9. The van der Waals surface area contributed by atoms with E-state index in [1.807, 2.05) is 6.56 Å². The normalized spacial score (nSPS) is 21.8. The van der Waals surface area contributed by atoms with Crippen LogP contribution in [-0.4, -0.2) is 14.5 Å². The van der Waals surface area contributed by atoms with Gasteiger partial charge in [0.2, 0.25) is 0 Å². The van der Waals surface area contributed by atoms with E-state index in [1.165, 1.54) is 77.0 Å². The van der Waals surface area contributed by atoms with E-state index in [9.17, 15) is 0 Å². The van der Waals surface area contributed by atoms with Crippen molar-refractivity contribution in [2.75, 3.05) is 0 Å². The first-order valence-corrected chi connectivity index (χ1v) is 25.7. The molecule has 4 atom stereocenters. The van der Waals surface area contributed by atoms with Gasteiger partial charge in [0.25, 0.3) is 0 Å². The van der Waals surface area contributed by atoms with E-state index >= 15 is 0 Å². The van der Waals surface area contributed by atoms with Crippen LogP contribution in [0, 0.1) is 0 Å². The Hall–Kier alpha value is -0.927. The molecule has 6 rings (SSSR count). The number of benzene rings is 2. The molecule has 0 spiro atoms. The summed E-state index contributed by atoms with van der Waals surface area (Å²) in [6, 6.07) is 23.3. The van der Waals surface area contributed by atoms with Gasteiger partial charge >= 0.3 is 305 Å². The molecular formula is C45H58Cl2P2Zr. The van der Waals surface area contributed by atoms with Crippen molar-refractivity contribution >= 4 is 29.7 Å². The van der Waals surface area contributed by atoms with Gasteiger partial charge in [0.1, 0.15) is 0 Å². The van der Waals surface area contributed by atoms with Gasteiger partial charge in [0, 0.05) is 0 Å². The second-order valence-electron chi connectivity index (χ2n) is 14.4. The van der Waals surface area contributed by atoms with E-state index in [1.54, 1.807) is 46.7 Å². The summed E-state index contributed by atoms with van der Waals surface area (Å²) in [5, 5.41) is 6.63. The van der Waals surface area contributed by atoms with E-state index in [-0.39, 0.29) is 40.7 Å². The average molecular weight is 823 g/mol. The van der Waals surface area contributed by atoms with E-state index in [0.29, 0.717) is 11.3 Å². The molecule has 4 unspecified atom stereocenters. The number of unbranched alkanes of at least 4 members (excludes halogenated alkanes) is 4. The zero-order chi connectivity index (χ0) is 33.6. The van der Waals surface area contributed by atoms with Crippen LogP contribution in [0.5, 0.6) is 0 Å². The van der Waals surface area contributed by atoms with E-state index in [0.717, 1.165) is 0 Å². The Morgan fingerprint density at radius 2 is 0.940 bits per heavy atom. The first kappa shape index (κ1) is 41.8. The van der Waals surface area contributed by atoms with E-state index in [2.05, 4.69) is 127 Å². The fourth-order valence-electron chi connectivity index (χ4n) is 8.29. The molecule has 2 heterocycles. The molecule has 0 bridgehead atoms. The minimum Gasteiger partial charge on any atom is -1.00 e. The maximum Gasteiger partial charge on any atom is -1.00 e. The third kappa shape index (κ3) is 8.72. The standard InChI is InChI=1S/2C21H26P.C3H6.2ClH.Zr/c2*1-3-5-10-17-14-18-16-20(11-6-4-2)22(21(18)15-17)19-12-8-7-9-13-19;1-3-2;;;/h2*7-9,12-13,15-16,20H,3-6,10-11H2,1-2H3;1-2H3;2*1H;/q;;;;;+2/p-2. The molecule has 2 aromatic rings. The van der Waals surface area contributed by atoms with Crippen LogP contribution in [0.2, 0.25) is 0 Å². The van der Waals surface area contributed by atoms with Crippen LogP contribution < -0.4 is 35.4 Å². The molecule has 5 heteroatoms. The molecule has 266 valence electrons.